The van der Waals surface area contributed by atoms with Crippen LogP contribution in [-0.4, -0.2) is 90.9 Å². The summed E-state index contributed by atoms with van der Waals surface area (Å²) in [5, 5.41) is 35.2. The number of nitrogens with zero attached hydrogens (tertiary/aromatic N) is 2. The van der Waals surface area contributed by atoms with E-state index in [1.807, 2.05) is 0 Å². The van der Waals surface area contributed by atoms with Crippen LogP contribution in [0.4, 0.5) is 4.79 Å². The number of hydrogen-bond acceptors (Lipinski definition) is 5. The summed E-state index contributed by atoms with van der Waals surface area (Å²) in [7, 11) is 0. The maximum atomic E-state index is 9.28. The standard InChI is InChI=1S/2C14H32NO.CH2O3/c2*1-4-7-10-15(13-14-16,11-8-5-2)12-9-6-3;2-1(3)4/h2*16H,4-14H2,1-3H3;(H2,2,3,4)/q2*+1;/p-2. The van der Waals surface area contributed by atoms with Crippen LogP contribution in [0.3, 0.4) is 0 Å². The molecule has 0 rings (SSSR count). The van der Waals surface area contributed by atoms with Crippen LogP contribution < -0.4 is 10.2 Å². The molecule has 0 amide bonds. The van der Waals surface area contributed by atoms with Crippen molar-refractivity contribution in [2.75, 3.05) is 65.6 Å². The Labute approximate surface area is 224 Å². The van der Waals surface area contributed by atoms with Crippen LogP contribution in [0.5, 0.6) is 0 Å². The molecule has 0 spiro atoms. The molecule has 2 N–H and O–H groups in total. The Bertz CT molecular complexity index is 368. The highest BCUT2D eigenvalue weighted by molar-refractivity contribution is 5.47. The van der Waals surface area contributed by atoms with Crippen molar-refractivity contribution in [3.05, 3.63) is 0 Å². The summed E-state index contributed by atoms with van der Waals surface area (Å²) in [6.07, 6.45) is 13.1. The Kier molecular flexibility index (Phi) is 31.6. The highest BCUT2D eigenvalue weighted by atomic mass is 16.6. The number of carboxylic acid groups (broad SMARTS) is 2. The van der Waals surface area contributed by atoms with Gasteiger partial charge in [-0.15, -0.1) is 0 Å². The summed E-state index contributed by atoms with van der Waals surface area (Å²) < 4.78 is 2.32. The maximum Gasteiger partial charge on any atom is 0.102 e. The lowest BCUT2D eigenvalue weighted by Gasteiger charge is -2.38. The van der Waals surface area contributed by atoms with Gasteiger partial charge in [0.05, 0.1) is 52.5 Å². The van der Waals surface area contributed by atoms with E-state index in [2.05, 4.69) is 41.5 Å². The molecule has 0 unspecified atom stereocenters. The van der Waals surface area contributed by atoms with Gasteiger partial charge in [0.2, 0.25) is 0 Å². The van der Waals surface area contributed by atoms with Gasteiger partial charge in [0.25, 0.3) is 0 Å². The van der Waals surface area contributed by atoms with Crippen LogP contribution >= 0.6 is 0 Å². The average molecular weight is 521 g/mol. The molecule has 7 nitrogen and oxygen atoms in total. The number of quaternary nitrogens is 2. The highest BCUT2D eigenvalue weighted by Crippen LogP contribution is 2.15. The quantitative estimate of drug-likeness (QED) is 0.210. The molecule has 0 aromatic rings. The Morgan fingerprint density at radius 3 is 0.750 bits per heavy atom. The molecule has 0 aliphatic rings. The molecule has 0 fully saturated rings. The van der Waals surface area contributed by atoms with Gasteiger partial charge in [0.15, 0.2) is 0 Å². The van der Waals surface area contributed by atoms with E-state index in [0.29, 0.717) is 13.2 Å². The zero-order valence-electron chi connectivity index (χ0n) is 25.1. The molecular weight excluding hydrogens is 456 g/mol. The van der Waals surface area contributed by atoms with Crippen molar-refractivity contribution in [3.63, 3.8) is 0 Å². The summed E-state index contributed by atoms with van der Waals surface area (Å²) in [6, 6.07) is 0. The van der Waals surface area contributed by atoms with Crippen molar-refractivity contribution in [2.24, 2.45) is 0 Å². The fraction of sp³-hybridized carbons (Fsp3) is 0.966. The minimum absolute atomic E-state index is 0.344. The smallest absolute Gasteiger partial charge is 0.102 e. The van der Waals surface area contributed by atoms with E-state index in [-0.39, 0.29) is 0 Å². The summed E-state index contributed by atoms with van der Waals surface area (Å²) in [5.41, 5.74) is 0. The number of rotatable bonds is 22. The van der Waals surface area contributed by atoms with E-state index in [1.165, 1.54) is 116 Å². The predicted molar refractivity (Wildman–Crippen MR) is 148 cm³/mol. The molecule has 0 heterocycles. The van der Waals surface area contributed by atoms with Gasteiger partial charge < -0.3 is 34.2 Å². The van der Waals surface area contributed by atoms with Gasteiger partial charge in [-0.3, -0.25) is 0 Å². The average Bonchev–Trinajstić information content (AvgIpc) is 2.86. The molecule has 220 valence electrons. The third-order valence-corrected chi connectivity index (χ3v) is 7.06. The Balaban J connectivity index is -0.000000526. The maximum absolute atomic E-state index is 9.28. The molecule has 7 heteroatoms. The number of aliphatic hydroxyl groups is 2. The number of carbonyl (C=O) groups is 1. The first-order valence-corrected chi connectivity index (χ1v) is 15.0. The fourth-order valence-corrected chi connectivity index (χ4v) is 4.73. The Morgan fingerprint density at radius 2 is 0.639 bits per heavy atom. The zero-order chi connectivity index (χ0) is 28.1. The molecule has 0 aromatic heterocycles. The molecule has 0 atom stereocenters. The minimum atomic E-state index is -2.33. The summed E-state index contributed by atoms with van der Waals surface area (Å²) >= 11 is 0. The first-order chi connectivity index (χ1) is 17.2. The lowest BCUT2D eigenvalue weighted by Crippen LogP contribution is -2.51. The third-order valence-electron chi connectivity index (χ3n) is 7.06. The molecule has 0 aliphatic heterocycles. The summed E-state index contributed by atoms with van der Waals surface area (Å²) in [5.74, 6) is 0. The van der Waals surface area contributed by atoms with Crippen LogP contribution in [0.1, 0.15) is 119 Å². The number of aliphatic hydroxyl groups excluding tert-OH is 2. The molecule has 0 aliphatic carbocycles. The number of hydrogen-bond donors (Lipinski definition) is 2. The van der Waals surface area contributed by atoms with Gasteiger partial charge >= 0.3 is 0 Å². The van der Waals surface area contributed by atoms with Gasteiger partial charge in [0.1, 0.15) is 13.1 Å². The normalized spacial score (nSPS) is 11.3. The second-order valence-electron chi connectivity index (χ2n) is 10.3. The van der Waals surface area contributed by atoms with E-state index in [4.69, 9.17) is 15.0 Å². The second kappa shape index (κ2) is 28.7. The monoisotopic (exact) mass is 520 g/mol. The van der Waals surface area contributed by atoms with Crippen LogP contribution in [0, 0.1) is 0 Å². The molecule has 0 saturated carbocycles. The van der Waals surface area contributed by atoms with Crippen molar-refractivity contribution < 1.29 is 34.2 Å². The van der Waals surface area contributed by atoms with E-state index in [9.17, 15) is 10.2 Å². The SMILES string of the molecule is CCCC[N+](CCO)(CCCC)CCCC.CCCC[N+](CCO)(CCCC)CCCC.O=C([O-])[O-]. The summed E-state index contributed by atoms with van der Waals surface area (Å²) in [6.45, 7) is 23.7. The van der Waals surface area contributed by atoms with E-state index in [1.54, 1.807) is 0 Å². The van der Waals surface area contributed by atoms with Crippen molar-refractivity contribution in [3.8, 4) is 0 Å². The van der Waals surface area contributed by atoms with Crippen molar-refractivity contribution in [1.29, 1.82) is 0 Å². The minimum Gasteiger partial charge on any atom is -0.652 e. The second-order valence-corrected chi connectivity index (χ2v) is 10.3. The third kappa shape index (κ3) is 24.8. The topological polar surface area (TPSA) is 104 Å². The van der Waals surface area contributed by atoms with Gasteiger partial charge in [-0.2, -0.15) is 0 Å². The molecule has 0 saturated heterocycles. The van der Waals surface area contributed by atoms with Crippen LogP contribution in [-0.2, 0) is 0 Å². The lowest BCUT2D eigenvalue weighted by atomic mass is 10.1. The van der Waals surface area contributed by atoms with E-state index >= 15 is 0 Å². The Morgan fingerprint density at radius 1 is 0.472 bits per heavy atom. The van der Waals surface area contributed by atoms with Crippen LogP contribution in [0.15, 0.2) is 0 Å². The van der Waals surface area contributed by atoms with Gasteiger partial charge in [-0.05, 0) is 44.7 Å². The van der Waals surface area contributed by atoms with Crippen molar-refractivity contribution >= 4 is 6.16 Å². The van der Waals surface area contributed by atoms with Gasteiger partial charge in [-0.1, -0.05) is 80.1 Å². The first kappa shape index (κ1) is 39.6. The van der Waals surface area contributed by atoms with Crippen molar-refractivity contribution in [2.45, 2.75) is 119 Å². The number of carbonyl (C=O) groups excluding carboxylic acids is 1. The first-order valence-electron chi connectivity index (χ1n) is 15.0. The van der Waals surface area contributed by atoms with Crippen LogP contribution in [0.25, 0.3) is 0 Å². The zero-order valence-corrected chi connectivity index (χ0v) is 25.1. The molecule has 0 radical (unpaired) electrons. The molecule has 0 aromatic carbocycles. The largest absolute Gasteiger partial charge is 0.652 e. The highest BCUT2D eigenvalue weighted by Gasteiger charge is 2.25. The number of unbranched alkanes of at least 4 members (excludes halogenated alkanes) is 6. The van der Waals surface area contributed by atoms with Gasteiger partial charge in [0, 0.05) is 0 Å². The Hall–Kier alpha value is -0.890. The lowest BCUT2D eigenvalue weighted by molar-refractivity contribution is -0.929. The van der Waals surface area contributed by atoms with Gasteiger partial charge in [-0.25, -0.2) is 0 Å². The van der Waals surface area contributed by atoms with E-state index < -0.39 is 6.16 Å². The molecule has 36 heavy (non-hydrogen) atoms. The molecular formula is C29H64N2O5. The van der Waals surface area contributed by atoms with E-state index in [0.717, 1.165) is 22.1 Å². The van der Waals surface area contributed by atoms with Crippen molar-refractivity contribution in [1.82, 2.24) is 0 Å². The summed E-state index contributed by atoms with van der Waals surface area (Å²) in [4.78, 5) is 8.33. The fourth-order valence-electron chi connectivity index (χ4n) is 4.73. The molecule has 0 bridgehead atoms. The predicted octanol–water partition coefficient (Wildman–Crippen LogP) is 3.94. The van der Waals surface area contributed by atoms with Crippen LogP contribution in [0.2, 0.25) is 0 Å².